The minimum atomic E-state index is 0.268. The molecule has 1 saturated heterocycles. The molecule has 1 N–H and O–H groups in total. The number of ether oxygens (including phenoxy) is 1. The van der Waals surface area contributed by atoms with Crippen molar-refractivity contribution < 1.29 is 4.74 Å². The van der Waals surface area contributed by atoms with Crippen molar-refractivity contribution in [3.63, 3.8) is 0 Å². The van der Waals surface area contributed by atoms with Crippen LogP contribution < -0.4 is 5.32 Å². The highest BCUT2D eigenvalue weighted by Gasteiger charge is 2.27. The van der Waals surface area contributed by atoms with Crippen molar-refractivity contribution in [3.05, 3.63) is 15.6 Å². The molecule has 5 heteroatoms. The largest absolute Gasteiger partial charge is 0.374 e. The highest BCUT2D eigenvalue weighted by molar-refractivity contribution is 7.11. The average Bonchev–Trinajstić information content (AvgIpc) is 2.73. The highest BCUT2D eigenvalue weighted by Crippen LogP contribution is 2.20. The molecule has 0 saturated carbocycles. The van der Waals surface area contributed by atoms with Gasteiger partial charge in [0.15, 0.2) is 0 Å². The predicted octanol–water partition coefficient (Wildman–Crippen LogP) is 2.00. The number of thiazole rings is 1. The van der Waals surface area contributed by atoms with Gasteiger partial charge >= 0.3 is 0 Å². The molecule has 1 fully saturated rings. The Hall–Kier alpha value is -0.490. The molecule has 0 amide bonds. The fourth-order valence-electron chi connectivity index (χ4n) is 2.53. The first-order valence-electron chi connectivity index (χ1n) is 7.56. The molecule has 1 aromatic heterocycles. The highest BCUT2D eigenvalue weighted by atomic mass is 32.1. The summed E-state index contributed by atoms with van der Waals surface area (Å²) in [6.07, 6.45) is 2.39. The van der Waals surface area contributed by atoms with E-state index in [-0.39, 0.29) is 6.10 Å². The standard InChI is InChI=1S/C15H27N3OS/c1-5-6-16-13(14-10-18(4)7-8-19-14)9-15-17-11(2)12(3)20-15/h13-14,16H,5-10H2,1-4H3. The molecule has 114 valence electrons. The monoisotopic (exact) mass is 297 g/mol. The number of rotatable bonds is 6. The number of nitrogens with one attached hydrogen (secondary N) is 1. The third-order valence-corrected chi connectivity index (χ3v) is 4.96. The van der Waals surface area contributed by atoms with Gasteiger partial charge in [-0.25, -0.2) is 4.98 Å². The number of hydrogen-bond donors (Lipinski definition) is 1. The summed E-state index contributed by atoms with van der Waals surface area (Å²) in [6, 6.07) is 0.364. The Balaban J connectivity index is 2.02. The predicted molar refractivity (Wildman–Crippen MR) is 84.6 cm³/mol. The second kappa shape index (κ2) is 7.50. The fraction of sp³-hybridized carbons (Fsp3) is 0.800. The molecule has 2 heterocycles. The van der Waals surface area contributed by atoms with E-state index in [1.54, 1.807) is 0 Å². The number of morpholine rings is 1. The third-order valence-electron chi connectivity index (χ3n) is 3.87. The van der Waals surface area contributed by atoms with E-state index < -0.39 is 0 Å². The van der Waals surface area contributed by atoms with Crippen LogP contribution in [0.25, 0.3) is 0 Å². The minimum Gasteiger partial charge on any atom is -0.374 e. The van der Waals surface area contributed by atoms with E-state index in [2.05, 4.69) is 43.0 Å². The van der Waals surface area contributed by atoms with Gasteiger partial charge in [0.25, 0.3) is 0 Å². The molecule has 0 spiro atoms. The molecule has 2 atom stereocenters. The summed E-state index contributed by atoms with van der Waals surface area (Å²) in [6.45, 7) is 10.4. The lowest BCUT2D eigenvalue weighted by Gasteiger charge is -2.35. The average molecular weight is 297 g/mol. The van der Waals surface area contributed by atoms with E-state index in [9.17, 15) is 0 Å². The van der Waals surface area contributed by atoms with Crippen LogP contribution in [-0.4, -0.2) is 55.3 Å². The minimum absolute atomic E-state index is 0.268. The molecule has 0 radical (unpaired) electrons. The van der Waals surface area contributed by atoms with Gasteiger partial charge in [0, 0.05) is 30.4 Å². The number of nitrogens with zero attached hydrogens (tertiary/aromatic N) is 2. The summed E-state index contributed by atoms with van der Waals surface area (Å²) in [7, 11) is 2.17. The van der Waals surface area contributed by atoms with Crippen molar-refractivity contribution in [3.8, 4) is 0 Å². The zero-order chi connectivity index (χ0) is 14.5. The summed E-state index contributed by atoms with van der Waals surface area (Å²) >= 11 is 1.82. The maximum Gasteiger partial charge on any atom is 0.0947 e. The van der Waals surface area contributed by atoms with Gasteiger partial charge in [0.2, 0.25) is 0 Å². The molecule has 2 unspecified atom stereocenters. The Bertz CT molecular complexity index is 402. The first kappa shape index (κ1) is 15.9. The van der Waals surface area contributed by atoms with Gasteiger partial charge in [-0.3, -0.25) is 0 Å². The fourth-order valence-corrected chi connectivity index (χ4v) is 3.53. The van der Waals surface area contributed by atoms with Crippen LogP contribution in [0.4, 0.5) is 0 Å². The Labute approximate surface area is 126 Å². The van der Waals surface area contributed by atoms with Crippen molar-refractivity contribution in [2.45, 2.75) is 45.8 Å². The van der Waals surface area contributed by atoms with Gasteiger partial charge in [-0.05, 0) is 33.9 Å². The normalized spacial score (nSPS) is 22.1. The first-order chi connectivity index (χ1) is 9.60. The Morgan fingerprint density at radius 2 is 2.30 bits per heavy atom. The van der Waals surface area contributed by atoms with Crippen LogP contribution in [0.1, 0.15) is 28.9 Å². The summed E-state index contributed by atoms with van der Waals surface area (Å²) in [5.74, 6) is 0. The van der Waals surface area contributed by atoms with E-state index >= 15 is 0 Å². The molecule has 1 aliphatic heterocycles. The molecule has 20 heavy (non-hydrogen) atoms. The molecule has 2 rings (SSSR count). The van der Waals surface area contributed by atoms with Crippen LogP contribution >= 0.6 is 11.3 Å². The lowest BCUT2D eigenvalue weighted by molar-refractivity contribution is -0.0383. The summed E-state index contributed by atoms with van der Waals surface area (Å²) < 4.78 is 5.99. The Morgan fingerprint density at radius 3 is 2.90 bits per heavy atom. The molecule has 0 aromatic carbocycles. The van der Waals surface area contributed by atoms with Crippen LogP contribution in [-0.2, 0) is 11.2 Å². The third kappa shape index (κ3) is 4.25. The molecule has 4 nitrogen and oxygen atoms in total. The molecular weight excluding hydrogens is 270 g/mol. The van der Waals surface area contributed by atoms with Crippen molar-refractivity contribution in [1.82, 2.24) is 15.2 Å². The zero-order valence-corrected chi connectivity index (χ0v) is 13.9. The van der Waals surface area contributed by atoms with Crippen molar-refractivity contribution >= 4 is 11.3 Å². The molecular formula is C15H27N3OS. The molecule has 1 aliphatic rings. The van der Waals surface area contributed by atoms with Crippen LogP contribution in [0.2, 0.25) is 0 Å². The summed E-state index contributed by atoms with van der Waals surface area (Å²) in [5.41, 5.74) is 1.17. The van der Waals surface area contributed by atoms with Crippen molar-refractivity contribution in [2.24, 2.45) is 0 Å². The Morgan fingerprint density at radius 1 is 1.50 bits per heavy atom. The quantitative estimate of drug-likeness (QED) is 0.871. The van der Waals surface area contributed by atoms with E-state index in [1.165, 1.54) is 15.6 Å². The zero-order valence-electron chi connectivity index (χ0n) is 13.1. The second-order valence-electron chi connectivity index (χ2n) is 5.69. The summed E-state index contributed by atoms with van der Waals surface area (Å²) in [4.78, 5) is 8.37. The van der Waals surface area contributed by atoms with Gasteiger partial charge in [0.05, 0.1) is 23.4 Å². The van der Waals surface area contributed by atoms with Crippen LogP contribution in [0.3, 0.4) is 0 Å². The van der Waals surface area contributed by atoms with Gasteiger partial charge in [-0.2, -0.15) is 0 Å². The smallest absolute Gasteiger partial charge is 0.0947 e. The number of aromatic nitrogens is 1. The molecule has 0 aliphatic carbocycles. The summed E-state index contributed by atoms with van der Waals surface area (Å²) in [5, 5.41) is 4.88. The number of hydrogen-bond acceptors (Lipinski definition) is 5. The van der Waals surface area contributed by atoms with Gasteiger partial charge in [-0.15, -0.1) is 11.3 Å². The number of aryl methyl sites for hydroxylation is 2. The van der Waals surface area contributed by atoms with Crippen molar-refractivity contribution in [2.75, 3.05) is 33.3 Å². The van der Waals surface area contributed by atoms with E-state index in [1.807, 2.05) is 11.3 Å². The van der Waals surface area contributed by atoms with Gasteiger partial charge in [0.1, 0.15) is 0 Å². The van der Waals surface area contributed by atoms with Gasteiger partial charge < -0.3 is 15.0 Å². The first-order valence-corrected chi connectivity index (χ1v) is 8.38. The lowest BCUT2D eigenvalue weighted by atomic mass is 10.1. The van der Waals surface area contributed by atoms with E-state index in [0.717, 1.165) is 39.1 Å². The van der Waals surface area contributed by atoms with E-state index in [0.29, 0.717) is 6.04 Å². The maximum absolute atomic E-state index is 5.99. The topological polar surface area (TPSA) is 37.4 Å². The van der Waals surface area contributed by atoms with Gasteiger partial charge in [-0.1, -0.05) is 6.92 Å². The van der Waals surface area contributed by atoms with Crippen LogP contribution in [0, 0.1) is 13.8 Å². The molecule has 1 aromatic rings. The van der Waals surface area contributed by atoms with E-state index in [4.69, 9.17) is 4.74 Å². The second-order valence-corrected chi connectivity index (χ2v) is 6.97. The van der Waals surface area contributed by atoms with Crippen LogP contribution in [0.15, 0.2) is 0 Å². The van der Waals surface area contributed by atoms with Crippen molar-refractivity contribution in [1.29, 1.82) is 0 Å². The lowest BCUT2D eigenvalue weighted by Crippen LogP contribution is -2.52. The number of likely N-dealkylation sites (N-methyl/N-ethyl adjacent to an activating group) is 1. The molecule has 0 bridgehead atoms. The van der Waals surface area contributed by atoms with Crippen LogP contribution in [0.5, 0.6) is 0 Å². The Kier molecular flexibility index (Phi) is 5.96. The SMILES string of the molecule is CCCNC(Cc1nc(C)c(C)s1)C1CN(C)CCO1. The maximum atomic E-state index is 5.99.